The number of carbonyl (C=O) groups is 1. The van der Waals surface area contributed by atoms with Crippen LogP contribution in [0.25, 0.3) is 10.2 Å². The van der Waals surface area contributed by atoms with E-state index < -0.39 is 0 Å². The smallest absolute Gasteiger partial charge is 0.223 e. The maximum absolute atomic E-state index is 12.0. The molecule has 1 fully saturated rings. The Morgan fingerprint density at radius 3 is 2.95 bits per heavy atom. The molecular formula is C15H19Cl2N3OS. The van der Waals surface area contributed by atoms with Crippen molar-refractivity contribution < 1.29 is 4.79 Å². The predicted molar refractivity (Wildman–Crippen MR) is 94.2 cm³/mol. The van der Waals surface area contributed by atoms with Crippen molar-refractivity contribution in [1.29, 1.82) is 0 Å². The SMILES string of the molecule is Cl.O=C(NCCc1nc2cc(Cl)ccc2s1)C1CCNCC1. The zero-order chi connectivity index (χ0) is 14.7. The van der Waals surface area contributed by atoms with Crippen molar-refractivity contribution in [3.8, 4) is 0 Å². The van der Waals surface area contributed by atoms with Crippen LogP contribution >= 0.6 is 35.3 Å². The van der Waals surface area contributed by atoms with E-state index in [-0.39, 0.29) is 24.2 Å². The zero-order valence-electron chi connectivity index (χ0n) is 12.1. The largest absolute Gasteiger partial charge is 0.355 e. The van der Waals surface area contributed by atoms with Gasteiger partial charge >= 0.3 is 0 Å². The Labute approximate surface area is 145 Å². The second kappa shape index (κ2) is 8.11. The van der Waals surface area contributed by atoms with E-state index in [0.717, 1.165) is 47.6 Å². The van der Waals surface area contributed by atoms with Crippen molar-refractivity contribution in [1.82, 2.24) is 15.6 Å². The van der Waals surface area contributed by atoms with Gasteiger partial charge in [-0.2, -0.15) is 0 Å². The highest BCUT2D eigenvalue weighted by Gasteiger charge is 2.20. The molecule has 7 heteroatoms. The van der Waals surface area contributed by atoms with Gasteiger partial charge in [-0.3, -0.25) is 4.79 Å². The summed E-state index contributed by atoms with van der Waals surface area (Å²) in [5.41, 5.74) is 0.937. The van der Waals surface area contributed by atoms with E-state index in [2.05, 4.69) is 15.6 Å². The lowest BCUT2D eigenvalue weighted by Gasteiger charge is -2.21. The van der Waals surface area contributed by atoms with Crippen LogP contribution < -0.4 is 10.6 Å². The molecule has 1 aromatic heterocycles. The molecule has 1 aliphatic heterocycles. The number of halogens is 2. The average molecular weight is 360 g/mol. The van der Waals surface area contributed by atoms with Crippen molar-refractivity contribution in [2.45, 2.75) is 19.3 Å². The van der Waals surface area contributed by atoms with E-state index >= 15 is 0 Å². The normalized spacial score (nSPS) is 15.5. The number of piperidine rings is 1. The molecule has 1 aromatic carbocycles. The van der Waals surface area contributed by atoms with Gasteiger partial charge in [-0.25, -0.2) is 4.98 Å². The number of nitrogens with zero attached hydrogens (tertiary/aromatic N) is 1. The molecule has 0 atom stereocenters. The molecular weight excluding hydrogens is 341 g/mol. The van der Waals surface area contributed by atoms with Crippen LogP contribution in [0.2, 0.25) is 5.02 Å². The van der Waals surface area contributed by atoms with Crippen LogP contribution in [0.5, 0.6) is 0 Å². The first kappa shape index (κ1) is 17.5. The van der Waals surface area contributed by atoms with E-state index in [9.17, 15) is 4.79 Å². The Hall–Kier alpha value is -0.880. The van der Waals surface area contributed by atoms with Crippen molar-refractivity contribution in [3.05, 3.63) is 28.2 Å². The summed E-state index contributed by atoms with van der Waals surface area (Å²) >= 11 is 7.62. The van der Waals surface area contributed by atoms with Crippen molar-refractivity contribution in [2.24, 2.45) is 5.92 Å². The quantitative estimate of drug-likeness (QED) is 0.881. The van der Waals surface area contributed by atoms with Gasteiger partial charge in [0, 0.05) is 23.9 Å². The van der Waals surface area contributed by atoms with Crippen LogP contribution in [0.1, 0.15) is 17.8 Å². The summed E-state index contributed by atoms with van der Waals surface area (Å²) in [6.45, 7) is 2.53. The lowest BCUT2D eigenvalue weighted by molar-refractivity contribution is -0.125. The first-order valence-corrected chi connectivity index (χ1v) is 8.45. The zero-order valence-corrected chi connectivity index (χ0v) is 14.5. The third kappa shape index (κ3) is 4.32. The molecule has 0 bridgehead atoms. The molecule has 22 heavy (non-hydrogen) atoms. The van der Waals surface area contributed by atoms with E-state index in [1.807, 2.05) is 18.2 Å². The van der Waals surface area contributed by atoms with E-state index in [4.69, 9.17) is 11.6 Å². The number of hydrogen-bond donors (Lipinski definition) is 2. The molecule has 1 saturated heterocycles. The number of thiazole rings is 1. The standard InChI is InChI=1S/C15H18ClN3OS.ClH/c16-11-1-2-13-12(9-11)19-14(21-13)5-8-18-15(20)10-3-6-17-7-4-10;/h1-2,9-10,17H,3-8H2,(H,18,20);1H. The van der Waals surface area contributed by atoms with E-state index in [0.29, 0.717) is 11.6 Å². The minimum Gasteiger partial charge on any atom is -0.355 e. The van der Waals surface area contributed by atoms with Crippen LogP contribution in [0.3, 0.4) is 0 Å². The number of rotatable bonds is 4. The summed E-state index contributed by atoms with van der Waals surface area (Å²) in [5.74, 6) is 0.348. The molecule has 2 heterocycles. The third-order valence-electron chi connectivity index (χ3n) is 3.74. The fourth-order valence-corrected chi connectivity index (χ4v) is 3.69. The van der Waals surface area contributed by atoms with Crippen molar-refractivity contribution in [2.75, 3.05) is 19.6 Å². The van der Waals surface area contributed by atoms with Crippen LogP contribution in [0.4, 0.5) is 0 Å². The maximum Gasteiger partial charge on any atom is 0.223 e. The van der Waals surface area contributed by atoms with Gasteiger partial charge in [0.2, 0.25) is 5.91 Å². The molecule has 2 aromatic rings. The third-order valence-corrected chi connectivity index (χ3v) is 5.07. The summed E-state index contributed by atoms with van der Waals surface area (Å²) in [7, 11) is 0. The van der Waals surface area contributed by atoms with Gasteiger partial charge in [0.1, 0.15) is 0 Å². The first-order valence-electron chi connectivity index (χ1n) is 7.26. The Kier molecular flexibility index (Phi) is 6.44. The summed E-state index contributed by atoms with van der Waals surface area (Å²) in [6, 6.07) is 5.75. The lowest BCUT2D eigenvalue weighted by atomic mass is 9.97. The summed E-state index contributed by atoms with van der Waals surface area (Å²) in [6.07, 6.45) is 2.64. The van der Waals surface area contributed by atoms with Crippen LogP contribution in [0.15, 0.2) is 18.2 Å². The number of nitrogens with one attached hydrogen (secondary N) is 2. The van der Waals surface area contributed by atoms with E-state index in [1.165, 1.54) is 0 Å². The molecule has 120 valence electrons. The molecule has 1 amide bonds. The fourth-order valence-electron chi connectivity index (χ4n) is 2.58. The van der Waals surface area contributed by atoms with Gasteiger partial charge in [-0.15, -0.1) is 23.7 Å². The number of aromatic nitrogens is 1. The van der Waals surface area contributed by atoms with Gasteiger partial charge < -0.3 is 10.6 Å². The molecule has 0 aliphatic carbocycles. The fraction of sp³-hybridized carbons (Fsp3) is 0.467. The second-order valence-corrected chi connectivity index (χ2v) is 6.84. The summed E-state index contributed by atoms with van der Waals surface area (Å²) in [5, 5.41) is 8.05. The van der Waals surface area contributed by atoms with Crippen LogP contribution in [0, 0.1) is 5.92 Å². The van der Waals surface area contributed by atoms with Gasteiger partial charge in [0.25, 0.3) is 0 Å². The van der Waals surface area contributed by atoms with Gasteiger partial charge in [-0.05, 0) is 44.1 Å². The molecule has 0 radical (unpaired) electrons. The Bertz CT molecular complexity index is 641. The molecule has 2 N–H and O–H groups in total. The minimum atomic E-state index is 0. The number of carbonyl (C=O) groups excluding carboxylic acids is 1. The maximum atomic E-state index is 12.0. The molecule has 0 unspecified atom stereocenters. The Morgan fingerprint density at radius 1 is 1.41 bits per heavy atom. The molecule has 1 aliphatic rings. The highest BCUT2D eigenvalue weighted by molar-refractivity contribution is 7.18. The van der Waals surface area contributed by atoms with Crippen molar-refractivity contribution in [3.63, 3.8) is 0 Å². The minimum absolute atomic E-state index is 0. The second-order valence-electron chi connectivity index (χ2n) is 5.28. The summed E-state index contributed by atoms with van der Waals surface area (Å²) in [4.78, 5) is 16.6. The number of fused-ring (bicyclic) bond motifs is 1. The highest BCUT2D eigenvalue weighted by atomic mass is 35.5. The van der Waals surface area contributed by atoms with Crippen LogP contribution in [-0.2, 0) is 11.2 Å². The number of hydrogen-bond acceptors (Lipinski definition) is 4. The monoisotopic (exact) mass is 359 g/mol. The molecule has 4 nitrogen and oxygen atoms in total. The highest BCUT2D eigenvalue weighted by Crippen LogP contribution is 2.25. The molecule has 3 rings (SSSR count). The van der Waals surface area contributed by atoms with Gasteiger partial charge in [0.05, 0.1) is 15.2 Å². The Morgan fingerprint density at radius 2 is 2.18 bits per heavy atom. The van der Waals surface area contributed by atoms with Gasteiger partial charge in [0.15, 0.2) is 0 Å². The number of amides is 1. The van der Waals surface area contributed by atoms with Gasteiger partial charge in [-0.1, -0.05) is 11.6 Å². The lowest BCUT2D eigenvalue weighted by Crippen LogP contribution is -2.38. The number of benzene rings is 1. The van der Waals surface area contributed by atoms with E-state index in [1.54, 1.807) is 11.3 Å². The van der Waals surface area contributed by atoms with Crippen LogP contribution in [-0.4, -0.2) is 30.5 Å². The van der Waals surface area contributed by atoms with Crippen molar-refractivity contribution >= 4 is 51.5 Å². The molecule has 0 saturated carbocycles. The first-order chi connectivity index (χ1) is 10.2. The summed E-state index contributed by atoms with van der Waals surface area (Å²) < 4.78 is 1.14. The Balaban J connectivity index is 0.00000176. The molecule has 0 spiro atoms. The topological polar surface area (TPSA) is 54.0 Å². The average Bonchev–Trinajstić information content (AvgIpc) is 2.89. The predicted octanol–water partition coefficient (Wildman–Crippen LogP) is 3.03.